The molecule has 2 aromatic heterocycles. The van der Waals surface area contributed by atoms with Crippen LogP contribution in [0.5, 0.6) is 0 Å². The molecular weight excluding hydrogens is 360 g/mol. The first kappa shape index (κ1) is 14.0. The van der Waals surface area contributed by atoms with Crippen LogP contribution in [0.15, 0.2) is 28.2 Å². The molecule has 2 aromatic rings. The summed E-state index contributed by atoms with van der Waals surface area (Å²) in [6, 6.07) is 3.83. The van der Waals surface area contributed by atoms with E-state index in [0.717, 1.165) is 29.3 Å². The van der Waals surface area contributed by atoms with E-state index < -0.39 is 0 Å². The van der Waals surface area contributed by atoms with Crippen molar-refractivity contribution in [2.75, 3.05) is 5.32 Å². The average molecular weight is 372 g/mol. The van der Waals surface area contributed by atoms with Gasteiger partial charge < -0.3 is 5.32 Å². The van der Waals surface area contributed by atoms with Gasteiger partial charge in [-0.3, -0.25) is 4.79 Å². The highest BCUT2D eigenvalue weighted by molar-refractivity contribution is 9.10. The molecule has 0 bridgehead atoms. The first-order chi connectivity index (χ1) is 9.65. The lowest BCUT2D eigenvalue weighted by Crippen LogP contribution is -2.24. The molecule has 3 rings (SSSR count). The number of halogens is 2. The number of hydrogen-bond acceptors (Lipinski definition) is 3. The van der Waals surface area contributed by atoms with Gasteiger partial charge in [0.25, 0.3) is 0 Å². The number of carbonyl (C=O) groups is 1. The Hall–Kier alpha value is -0.910. The maximum Gasteiger partial charge on any atom is 0.232 e. The second-order valence-corrected chi connectivity index (χ2v) is 7.00. The van der Waals surface area contributed by atoms with Gasteiger partial charge in [-0.15, -0.1) is 11.3 Å². The van der Waals surface area contributed by atoms with Gasteiger partial charge in [0.2, 0.25) is 5.91 Å². The third-order valence-electron chi connectivity index (χ3n) is 3.43. The molecule has 104 valence electrons. The molecule has 1 atom stereocenters. The van der Waals surface area contributed by atoms with Crippen molar-refractivity contribution in [2.24, 2.45) is 0 Å². The Labute approximate surface area is 134 Å². The van der Waals surface area contributed by atoms with Crippen molar-refractivity contribution < 1.29 is 4.79 Å². The quantitative estimate of drug-likeness (QED) is 0.783. The first-order valence-corrected chi connectivity index (χ1v) is 8.38. The summed E-state index contributed by atoms with van der Waals surface area (Å²) in [5.74, 6) is -0.0915. The zero-order chi connectivity index (χ0) is 14.1. The molecule has 0 saturated heterocycles. The number of hydrogen-bond donors (Lipinski definition) is 1. The van der Waals surface area contributed by atoms with Gasteiger partial charge in [0, 0.05) is 15.5 Å². The molecular formula is C14H12BrClN2OS. The lowest BCUT2D eigenvalue weighted by Gasteiger charge is -2.22. The number of nitrogens with zero attached hydrogens (tertiary/aromatic N) is 1. The van der Waals surface area contributed by atoms with Crippen molar-refractivity contribution in [1.82, 2.24) is 4.98 Å². The summed E-state index contributed by atoms with van der Waals surface area (Å²) in [6.07, 6.45) is 4.62. The maximum absolute atomic E-state index is 12.5. The summed E-state index contributed by atoms with van der Waals surface area (Å²) in [5, 5.41) is 5.26. The molecule has 1 amide bonds. The Kier molecular flexibility index (Phi) is 4.10. The van der Waals surface area contributed by atoms with Crippen molar-refractivity contribution >= 4 is 50.5 Å². The predicted octanol–water partition coefficient (Wildman–Crippen LogP) is 4.62. The molecule has 20 heavy (non-hydrogen) atoms. The minimum atomic E-state index is -0.0833. The van der Waals surface area contributed by atoms with E-state index in [4.69, 9.17) is 11.6 Å². The largest absolute Gasteiger partial charge is 0.323 e. The molecule has 6 heteroatoms. The standard InChI is InChI=1S/C14H12BrClN2OS/c15-8-6-11(13(16)17-7-8)18-14(19)10-2-1-3-12-9(10)4-5-20-12/h4-7,10H,1-3H2,(H,18,19). The molecule has 0 aliphatic heterocycles. The molecule has 0 fully saturated rings. The van der Waals surface area contributed by atoms with E-state index >= 15 is 0 Å². The molecule has 0 saturated carbocycles. The molecule has 0 spiro atoms. The SMILES string of the molecule is O=C(Nc1cc(Br)cnc1Cl)C1CCCc2sccc21. The van der Waals surface area contributed by atoms with Crippen molar-refractivity contribution in [1.29, 1.82) is 0 Å². The molecule has 1 N–H and O–H groups in total. The molecule has 1 aliphatic rings. The summed E-state index contributed by atoms with van der Waals surface area (Å²) < 4.78 is 0.789. The molecule has 3 nitrogen and oxygen atoms in total. The first-order valence-electron chi connectivity index (χ1n) is 6.33. The molecule has 1 aliphatic carbocycles. The van der Waals surface area contributed by atoms with Crippen LogP contribution in [0.3, 0.4) is 0 Å². The fraction of sp³-hybridized carbons (Fsp3) is 0.286. The lowest BCUT2D eigenvalue weighted by molar-refractivity contribution is -0.117. The molecule has 2 heterocycles. The number of aryl methyl sites for hydroxylation is 1. The van der Waals surface area contributed by atoms with Crippen LogP contribution in [0.1, 0.15) is 29.2 Å². The summed E-state index contributed by atoms with van der Waals surface area (Å²) in [5.41, 5.74) is 1.71. The minimum absolute atomic E-state index is 0.00819. The number of thiophene rings is 1. The zero-order valence-corrected chi connectivity index (χ0v) is 13.7. The van der Waals surface area contributed by atoms with Gasteiger partial charge in [-0.1, -0.05) is 11.6 Å². The van der Waals surface area contributed by atoms with Gasteiger partial charge in [0.1, 0.15) is 0 Å². The average Bonchev–Trinajstić information content (AvgIpc) is 2.91. The van der Waals surface area contributed by atoms with Crippen molar-refractivity contribution in [3.63, 3.8) is 0 Å². The van der Waals surface area contributed by atoms with Gasteiger partial charge in [-0.2, -0.15) is 0 Å². The van der Waals surface area contributed by atoms with Crippen molar-refractivity contribution in [3.8, 4) is 0 Å². The number of anilines is 1. The van der Waals surface area contributed by atoms with Crippen molar-refractivity contribution in [3.05, 3.63) is 43.8 Å². The third kappa shape index (κ3) is 2.75. The van der Waals surface area contributed by atoms with Gasteiger partial charge in [0.15, 0.2) is 5.15 Å². The molecule has 0 aromatic carbocycles. The van der Waals surface area contributed by atoms with Crippen LogP contribution >= 0.6 is 38.9 Å². The van der Waals surface area contributed by atoms with Gasteiger partial charge >= 0.3 is 0 Å². The summed E-state index contributed by atoms with van der Waals surface area (Å²) in [6.45, 7) is 0. The van der Waals surface area contributed by atoms with E-state index in [2.05, 4.69) is 37.7 Å². The van der Waals surface area contributed by atoms with E-state index in [9.17, 15) is 4.79 Å². The topological polar surface area (TPSA) is 42.0 Å². The summed E-state index contributed by atoms with van der Waals surface area (Å²) >= 11 is 11.1. The minimum Gasteiger partial charge on any atom is -0.323 e. The number of rotatable bonds is 2. The number of nitrogens with one attached hydrogen (secondary N) is 1. The Morgan fingerprint density at radius 3 is 3.25 bits per heavy atom. The van der Waals surface area contributed by atoms with Crippen LogP contribution < -0.4 is 5.32 Å². The number of aromatic nitrogens is 1. The third-order valence-corrected chi connectivity index (χ3v) is 5.16. The highest BCUT2D eigenvalue weighted by atomic mass is 79.9. The highest BCUT2D eigenvalue weighted by Gasteiger charge is 2.27. The second kappa shape index (κ2) is 5.84. The Morgan fingerprint density at radius 1 is 1.55 bits per heavy atom. The van der Waals surface area contributed by atoms with E-state index in [1.165, 1.54) is 4.88 Å². The number of fused-ring (bicyclic) bond motifs is 1. The summed E-state index contributed by atoms with van der Waals surface area (Å²) in [7, 11) is 0. The Morgan fingerprint density at radius 2 is 2.40 bits per heavy atom. The molecule has 0 radical (unpaired) electrons. The number of pyridine rings is 1. The normalized spacial score (nSPS) is 17.6. The second-order valence-electron chi connectivity index (χ2n) is 4.73. The lowest BCUT2D eigenvalue weighted by atomic mass is 9.87. The number of amides is 1. The Balaban J connectivity index is 1.83. The monoisotopic (exact) mass is 370 g/mol. The van der Waals surface area contributed by atoms with Gasteiger partial charge in [0.05, 0.1) is 11.6 Å². The van der Waals surface area contributed by atoms with Crippen LogP contribution in [-0.2, 0) is 11.2 Å². The van der Waals surface area contributed by atoms with Crippen molar-refractivity contribution in [2.45, 2.75) is 25.2 Å². The van der Waals surface area contributed by atoms with Crippen LogP contribution in [0.4, 0.5) is 5.69 Å². The summed E-state index contributed by atoms with van der Waals surface area (Å²) in [4.78, 5) is 17.8. The van der Waals surface area contributed by atoms with Crippen LogP contribution in [-0.4, -0.2) is 10.9 Å². The molecule has 1 unspecified atom stereocenters. The van der Waals surface area contributed by atoms with E-state index in [1.807, 2.05) is 0 Å². The van der Waals surface area contributed by atoms with Gasteiger partial charge in [-0.05, 0) is 58.3 Å². The van der Waals surface area contributed by atoms with Crippen LogP contribution in [0.25, 0.3) is 0 Å². The predicted molar refractivity (Wildman–Crippen MR) is 85.6 cm³/mol. The highest BCUT2D eigenvalue weighted by Crippen LogP contribution is 2.36. The number of carbonyl (C=O) groups excluding carboxylic acids is 1. The van der Waals surface area contributed by atoms with Crippen LogP contribution in [0.2, 0.25) is 5.15 Å². The van der Waals surface area contributed by atoms with E-state index in [0.29, 0.717) is 10.8 Å². The maximum atomic E-state index is 12.5. The fourth-order valence-electron chi connectivity index (χ4n) is 2.49. The Bertz CT molecular complexity index is 658. The zero-order valence-electron chi connectivity index (χ0n) is 10.5. The van der Waals surface area contributed by atoms with Crippen LogP contribution in [0, 0.1) is 0 Å². The van der Waals surface area contributed by atoms with E-state index in [-0.39, 0.29) is 11.8 Å². The van der Waals surface area contributed by atoms with Gasteiger partial charge in [-0.25, -0.2) is 4.98 Å². The smallest absolute Gasteiger partial charge is 0.232 e. The fourth-order valence-corrected chi connectivity index (χ4v) is 3.96. The van der Waals surface area contributed by atoms with E-state index in [1.54, 1.807) is 23.6 Å².